The third kappa shape index (κ3) is 4.69. The fourth-order valence-electron chi connectivity index (χ4n) is 2.61. The molecule has 11 heteroatoms. The Balaban J connectivity index is 1.70. The fourth-order valence-corrected chi connectivity index (χ4v) is 4.25. The van der Waals surface area contributed by atoms with Gasteiger partial charge in [0.25, 0.3) is 0 Å². The van der Waals surface area contributed by atoms with E-state index in [0.717, 1.165) is 15.4 Å². The zero-order valence-electron chi connectivity index (χ0n) is 17.0. The van der Waals surface area contributed by atoms with E-state index in [0.29, 0.717) is 16.7 Å². The normalized spacial score (nSPS) is 11.6. The van der Waals surface area contributed by atoms with Crippen LogP contribution in [0.1, 0.15) is 5.56 Å². The van der Waals surface area contributed by atoms with Crippen LogP contribution >= 0.6 is 11.8 Å². The summed E-state index contributed by atoms with van der Waals surface area (Å²) in [5.74, 6) is 0.486. The molecule has 0 saturated heterocycles. The number of sulfonamides is 1. The molecule has 0 atom stereocenters. The van der Waals surface area contributed by atoms with Crippen molar-refractivity contribution in [3.63, 3.8) is 0 Å². The van der Waals surface area contributed by atoms with Crippen LogP contribution in [-0.2, 0) is 21.9 Å². The summed E-state index contributed by atoms with van der Waals surface area (Å²) in [5.41, 5.74) is 2.06. The molecule has 0 aliphatic carbocycles. The van der Waals surface area contributed by atoms with Crippen LogP contribution in [0.2, 0.25) is 0 Å². The highest BCUT2D eigenvalue weighted by Crippen LogP contribution is 2.24. The van der Waals surface area contributed by atoms with Gasteiger partial charge in [0.05, 0.1) is 10.6 Å². The molecule has 0 saturated carbocycles. The van der Waals surface area contributed by atoms with Crippen LogP contribution in [0.3, 0.4) is 0 Å². The van der Waals surface area contributed by atoms with E-state index in [2.05, 4.69) is 20.5 Å². The lowest BCUT2D eigenvalue weighted by atomic mass is 10.2. The van der Waals surface area contributed by atoms with Gasteiger partial charge in [0, 0.05) is 44.8 Å². The van der Waals surface area contributed by atoms with E-state index in [-0.39, 0.29) is 16.6 Å². The van der Waals surface area contributed by atoms with Crippen molar-refractivity contribution >= 4 is 33.4 Å². The van der Waals surface area contributed by atoms with Crippen LogP contribution in [0, 0.1) is 6.92 Å². The minimum atomic E-state index is -3.59. The van der Waals surface area contributed by atoms with Crippen LogP contribution < -0.4 is 5.32 Å². The van der Waals surface area contributed by atoms with E-state index in [4.69, 9.17) is 0 Å². The maximum Gasteiger partial charge on any atom is 0.242 e. The third-order valence-corrected chi connectivity index (χ3v) is 7.18. The molecule has 3 rings (SSSR count). The maximum atomic E-state index is 12.5. The zero-order valence-corrected chi connectivity index (χ0v) is 18.7. The van der Waals surface area contributed by atoms with Gasteiger partial charge in [-0.15, -0.1) is 10.2 Å². The van der Waals surface area contributed by atoms with Gasteiger partial charge in [-0.05, 0) is 36.8 Å². The van der Waals surface area contributed by atoms with Gasteiger partial charge in [-0.2, -0.15) is 0 Å². The number of pyridine rings is 1. The summed E-state index contributed by atoms with van der Waals surface area (Å²) < 4.78 is 27.6. The number of hydrogen-bond acceptors (Lipinski definition) is 7. The van der Waals surface area contributed by atoms with Gasteiger partial charge in [0.2, 0.25) is 15.9 Å². The molecule has 0 aliphatic heterocycles. The van der Waals surface area contributed by atoms with E-state index >= 15 is 0 Å². The number of hydrogen-bond donors (Lipinski definition) is 1. The second-order valence-corrected chi connectivity index (χ2v) is 9.80. The molecule has 0 radical (unpaired) electrons. The van der Waals surface area contributed by atoms with Crippen molar-refractivity contribution in [1.29, 1.82) is 0 Å². The van der Waals surface area contributed by atoms with Gasteiger partial charge in [0.1, 0.15) is 0 Å². The molecule has 0 bridgehead atoms. The first-order valence-electron chi connectivity index (χ1n) is 8.96. The topological polar surface area (TPSA) is 110 Å². The number of rotatable bonds is 7. The molecule has 1 N–H and O–H groups in total. The van der Waals surface area contributed by atoms with Crippen LogP contribution in [0.25, 0.3) is 11.4 Å². The van der Waals surface area contributed by atoms with Crippen molar-refractivity contribution in [2.75, 3.05) is 25.2 Å². The van der Waals surface area contributed by atoms with Gasteiger partial charge in [-0.25, -0.2) is 12.7 Å². The van der Waals surface area contributed by atoms with Gasteiger partial charge in [0.15, 0.2) is 11.0 Å². The quantitative estimate of drug-likeness (QED) is 0.554. The SMILES string of the molecule is Cc1ccc(S(=O)(=O)N(C)C)cc1NC(=O)CSc1nnc(-c2cccnc2)n1C. The predicted molar refractivity (Wildman–Crippen MR) is 116 cm³/mol. The molecule has 3 aromatic rings. The summed E-state index contributed by atoms with van der Waals surface area (Å²) in [5, 5.41) is 11.7. The average Bonchev–Trinajstić information content (AvgIpc) is 3.09. The highest BCUT2D eigenvalue weighted by molar-refractivity contribution is 7.99. The minimum absolute atomic E-state index is 0.100. The largest absolute Gasteiger partial charge is 0.325 e. The van der Waals surface area contributed by atoms with Crippen molar-refractivity contribution in [3.8, 4) is 11.4 Å². The Bertz CT molecular complexity index is 1160. The lowest BCUT2D eigenvalue weighted by Crippen LogP contribution is -2.22. The lowest BCUT2D eigenvalue weighted by molar-refractivity contribution is -0.113. The fraction of sp³-hybridized carbons (Fsp3) is 0.263. The standard InChI is InChI=1S/C19H22N6O3S2/c1-13-7-8-15(30(27,28)24(2)3)10-16(13)21-17(26)12-29-19-23-22-18(25(19)4)14-6-5-9-20-11-14/h5-11H,12H2,1-4H3,(H,21,26). The second kappa shape index (κ2) is 8.94. The molecule has 2 heterocycles. The number of amides is 1. The summed E-state index contributed by atoms with van der Waals surface area (Å²) >= 11 is 1.24. The Morgan fingerprint density at radius 1 is 1.23 bits per heavy atom. The van der Waals surface area contributed by atoms with Crippen molar-refractivity contribution in [3.05, 3.63) is 48.3 Å². The molecule has 2 aromatic heterocycles. The number of nitrogens with zero attached hydrogens (tertiary/aromatic N) is 5. The van der Waals surface area contributed by atoms with E-state index < -0.39 is 10.0 Å². The number of aromatic nitrogens is 4. The highest BCUT2D eigenvalue weighted by Gasteiger charge is 2.19. The van der Waals surface area contributed by atoms with E-state index in [9.17, 15) is 13.2 Å². The first-order chi connectivity index (χ1) is 14.2. The number of thioether (sulfide) groups is 1. The molecular weight excluding hydrogens is 424 g/mol. The zero-order chi connectivity index (χ0) is 21.9. The molecule has 0 unspecified atom stereocenters. The minimum Gasteiger partial charge on any atom is -0.325 e. The van der Waals surface area contributed by atoms with E-state index in [1.807, 2.05) is 19.2 Å². The van der Waals surface area contributed by atoms with E-state index in [1.54, 1.807) is 30.0 Å². The third-order valence-electron chi connectivity index (χ3n) is 4.35. The Morgan fingerprint density at radius 2 is 2.00 bits per heavy atom. The smallest absolute Gasteiger partial charge is 0.242 e. The molecular formula is C19H22N6O3S2. The summed E-state index contributed by atoms with van der Waals surface area (Å²) in [7, 11) is 1.16. The first kappa shape index (κ1) is 21.9. The Kier molecular flexibility index (Phi) is 6.54. The van der Waals surface area contributed by atoms with Gasteiger partial charge in [-0.3, -0.25) is 9.78 Å². The summed E-state index contributed by atoms with van der Waals surface area (Å²) in [6.45, 7) is 1.80. The lowest BCUT2D eigenvalue weighted by Gasteiger charge is -2.14. The summed E-state index contributed by atoms with van der Waals surface area (Å²) in [6.07, 6.45) is 3.38. The molecule has 30 heavy (non-hydrogen) atoms. The number of carbonyl (C=O) groups is 1. The number of nitrogens with one attached hydrogen (secondary N) is 1. The van der Waals surface area contributed by atoms with Crippen LogP contribution in [0.15, 0.2) is 52.8 Å². The summed E-state index contributed by atoms with van der Waals surface area (Å²) in [4.78, 5) is 16.7. The Hall–Kier alpha value is -2.76. The molecule has 9 nitrogen and oxygen atoms in total. The molecule has 158 valence electrons. The molecule has 0 spiro atoms. The summed E-state index contributed by atoms with van der Waals surface area (Å²) in [6, 6.07) is 8.36. The van der Waals surface area contributed by atoms with Crippen molar-refractivity contribution in [2.45, 2.75) is 17.0 Å². The average molecular weight is 447 g/mol. The van der Waals surface area contributed by atoms with Gasteiger partial charge < -0.3 is 9.88 Å². The Labute approximate surface area is 179 Å². The molecule has 0 fully saturated rings. The van der Waals surface area contributed by atoms with Crippen molar-refractivity contribution < 1.29 is 13.2 Å². The van der Waals surface area contributed by atoms with Crippen molar-refractivity contribution in [1.82, 2.24) is 24.1 Å². The van der Waals surface area contributed by atoms with E-state index in [1.165, 1.54) is 38.0 Å². The van der Waals surface area contributed by atoms with Gasteiger partial charge >= 0.3 is 0 Å². The van der Waals surface area contributed by atoms with Crippen molar-refractivity contribution in [2.24, 2.45) is 7.05 Å². The maximum absolute atomic E-state index is 12.5. The number of carbonyl (C=O) groups excluding carboxylic acids is 1. The molecule has 1 aromatic carbocycles. The number of aryl methyl sites for hydroxylation is 1. The second-order valence-electron chi connectivity index (χ2n) is 6.71. The highest BCUT2D eigenvalue weighted by atomic mass is 32.2. The monoisotopic (exact) mass is 446 g/mol. The van der Waals surface area contributed by atoms with Gasteiger partial charge in [-0.1, -0.05) is 17.8 Å². The van der Waals surface area contributed by atoms with Crippen LogP contribution in [-0.4, -0.2) is 58.2 Å². The van der Waals surface area contributed by atoms with Crippen LogP contribution in [0.5, 0.6) is 0 Å². The predicted octanol–water partition coefficient (Wildman–Crippen LogP) is 2.17. The molecule has 1 amide bonds. The first-order valence-corrected chi connectivity index (χ1v) is 11.4. The number of benzene rings is 1. The molecule has 0 aliphatic rings. The number of anilines is 1. The Morgan fingerprint density at radius 3 is 2.67 bits per heavy atom. The van der Waals surface area contributed by atoms with Crippen LogP contribution in [0.4, 0.5) is 5.69 Å².